The first-order chi connectivity index (χ1) is 9.51. The van der Waals surface area contributed by atoms with E-state index >= 15 is 0 Å². The second kappa shape index (κ2) is 5.92. The van der Waals surface area contributed by atoms with Crippen LogP contribution in [0, 0.1) is 18.2 Å². The van der Waals surface area contributed by atoms with Crippen LogP contribution in [-0.2, 0) is 0 Å². The Bertz CT molecular complexity index is 487. The van der Waals surface area contributed by atoms with Crippen LogP contribution < -0.4 is 0 Å². The normalized spacial score (nSPS) is 18.1. The highest BCUT2D eigenvalue weighted by molar-refractivity contribution is 5.94. The van der Waals surface area contributed by atoms with Gasteiger partial charge in [0, 0.05) is 19.7 Å². The number of benzene rings is 1. The van der Waals surface area contributed by atoms with Crippen molar-refractivity contribution in [3.05, 3.63) is 35.1 Å². The fraction of sp³-hybridized carbons (Fsp3) is 0.562. The Morgan fingerprint density at radius 2 is 2.05 bits per heavy atom. The molecule has 1 N–H and O–H groups in total. The van der Waals surface area contributed by atoms with E-state index in [-0.39, 0.29) is 23.5 Å². The minimum atomic E-state index is -0.463. The van der Waals surface area contributed by atoms with Gasteiger partial charge in [0.05, 0.1) is 5.56 Å². The van der Waals surface area contributed by atoms with Gasteiger partial charge in [-0.15, -0.1) is 0 Å². The molecule has 1 amide bonds. The summed E-state index contributed by atoms with van der Waals surface area (Å²) in [5, 5.41) is 9.50. The Morgan fingerprint density at radius 1 is 1.40 bits per heavy atom. The summed E-state index contributed by atoms with van der Waals surface area (Å²) in [5.74, 6) is -0.705. The summed E-state index contributed by atoms with van der Waals surface area (Å²) in [6.45, 7) is 5.24. The Hall–Kier alpha value is -1.42. The van der Waals surface area contributed by atoms with Crippen molar-refractivity contribution in [3.8, 4) is 0 Å². The van der Waals surface area contributed by atoms with Crippen LogP contribution in [0.1, 0.15) is 42.1 Å². The third-order valence-electron chi connectivity index (χ3n) is 4.55. The Kier molecular flexibility index (Phi) is 4.43. The summed E-state index contributed by atoms with van der Waals surface area (Å²) in [6, 6.07) is 4.61. The number of hydrogen-bond acceptors (Lipinski definition) is 2. The van der Waals surface area contributed by atoms with Crippen LogP contribution in [0.5, 0.6) is 0 Å². The lowest BCUT2D eigenvalue weighted by atomic mass is 9.77. The number of piperidine rings is 1. The minimum absolute atomic E-state index is 0.0675. The molecule has 0 aliphatic carbocycles. The molecule has 1 heterocycles. The maximum atomic E-state index is 13.8. The van der Waals surface area contributed by atoms with Crippen molar-refractivity contribution in [2.45, 2.75) is 33.1 Å². The molecule has 0 spiro atoms. The van der Waals surface area contributed by atoms with Crippen molar-refractivity contribution >= 4 is 5.91 Å². The number of aliphatic hydroxyl groups excluding tert-OH is 1. The number of carbonyl (C=O) groups excluding carboxylic acids is 1. The number of likely N-dealkylation sites (tertiary alicyclic amines) is 1. The first kappa shape index (κ1) is 15.0. The molecule has 1 aliphatic rings. The van der Waals surface area contributed by atoms with E-state index in [0.717, 1.165) is 24.8 Å². The van der Waals surface area contributed by atoms with Gasteiger partial charge in [0.15, 0.2) is 0 Å². The highest BCUT2D eigenvalue weighted by Crippen LogP contribution is 2.34. The number of halogens is 1. The zero-order valence-corrected chi connectivity index (χ0v) is 12.2. The molecular formula is C16H22FNO2. The molecule has 20 heavy (non-hydrogen) atoms. The average molecular weight is 279 g/mol. The molecule has 0 bridgehead atoms. The fourth-order valence-electron chi connectivity index (χ4n) is 2.78. The second-order valence-electron chi connectivity index (χ2n) is 5.79. The van der Waals surface area contributed by atoms with Gasteiger partial charge in [-0.05, 0) is 43.7 Å². The molecule has 1 aromatic rings. The van der Waals surface area contributed by atoms with Crippen molar-refractivity contribution in [1.29, 1.82) is 0 Å². The van der Waals surface area contributed by atoms with Crippen LogP contribution in [0.3, 0.4) is 0 Å². The molecule has 4 heteroatoms. The molecule has 0 unspecified atom stereocenters. The lowest BCUT2D eigenvalue weighted by molar-refractivity contribution is 0.0335. The molecule has 1 saturated heterocycles. The minimum Gasteiger partial charge on any atom is -0.396 e. The predicted octanol–water partition coefficient (Wildman–Crippen LogP) is 2.76. The topological polar surface area (TPSA) is 40.5 Å². The Balaban J connectivity index is 2.10. The molecule has 1 aliphatic heterocycles. The van der Waals surface area contributed by atoms with Crippen molar-refractivity contribution in [2.24, 2.45) is 5.41 Å². The standard InChI is InChI=1S/C16H22FNO2/c1-3-16(11-19)6-8-18(9-7-16)15(20)13-10-12(2)4-5-14(13)17/h4-5,10,19H,3,6-9,11H2,1-2H3. The molecule has 2 rings (SSSR count). The smallest absolute Gasteiger partial charge is 0.256 e. The Labute approximate surface area is 119 Å². The third kappa shape index (κ3) is 2.85. The Morgan fingerprint density at radius 3 is 2.60 bits per heavy atom. The maximum Gasteiger partial charge on any atom is 0.256 e. The van der Waals surface area contributed by atoms with Crippen molar-refractivity contribution in [2.75, 3.05) is 19.7 Å². The van der Waals surface area contributed by atoms with E-state index in [9.17, 15) is 14.3 Å². The molecule has 0 saturated carbocycles. The summed E-state index contributed by atoms with van der Waals surface area (Å²) in [6.07, 6.45) is 2.46. The zero-order chi connectivity index (χ0) is 14.8. The molecule has 110 valence electrons. The van der Waals surface area contributed by atoms with Crippen LogP contribution in [0.15, 0.2) is 18.2 Å². The number of aryl methyl sites for hydroxylation is 1. The SMILES string of the molecule is CCC1(CO)CCN(C(=O)c2cc(C)ccc2F)CC1. The van der Waals surface area contributed by atoms with E-state index in [4.69, 9.17) is 0 Å². The molecular weight excluding hydrogens is 257 g/mol. The predicted molar refractivity (Wildman–Crippen MR) is 76.1 cm³/mol. The van der Waals surface area contributed by atoms with E-state index in [1.165, 1.54) is 6.07 Å². The van der Waals surface area contributed by atoms with Gasteiger partial charge in [-0.3, -0.25) is 4.79 Å². The van der Waals surface area contributed by atoms with Crippen molar-refractivity contribution in [3.63, 3.8) is 0 Å². The molecule has 1 fully saturated rings. The highest BCUT2D eigenvalue weighted by atomic mass is 19.1. The van der Waals surface area contributed by atoms with Gasteiger partial charge in [0.2, 0.25) is 0 Å². The van der Waals surface area contributed by atoms with Gasteiger partial charge >= 0.3 is 0 Å². The lowest BCUT2D eigenvalue weighted by Gasteiger charge is -2.40. The number of amides is 1. The number of nitrogens with zero attached hydrogens (tertiary/aromatic N) is 1. The maximum absolute atomic E-state index is 13.8. The zero-order valence-electron chi connectivity index (χ0n) is 12.2. The van der Waals surface area contributed by atoms with E-state index in [1.54, 1.807) is 17.0 Å². The van der Waals surface area contributed by atoms with E-state index in [2.05, 4.69) is 6.92 Å². The summed E-state index contributed by atoms with van der Waals surface area (Å²) in [7, 11) is 0. The van der Waals surface area contributed by atoms with Gasteiger partial charge < -0.3 is 10.0 Å². The number of carbonyl (C=O) groups is 1. The van der Waals surface area contributed by atoms with Gasteiger partial charge in [-0.25, -0.2) is 4.39 Å². The highest BCUT2D eigenvalue weighted by Gasteiger charge is 2.34. The van der Waals surface area contributed by atoms with Crippen LogP contribution in [-0.4, -0.2) is 35.6 Å². The van der Waals surface area contributed by atoms with Crippen molar-refractivity contribution < 1.29 is 14.3 Å². The quantitative estimate of drug-likeness (QED) is 0.924. The summed E-state index contributed by atoms with van der Waals surface area (Å²) < 4.78 is 13.8. The van der Waals surface area contributed by atoms with Gasteiger partial charge in [-0.1, -0.05) is 18.6 Å². The molecule has 3 nitrogen and oxygen atoms in total. The number of hydrogen-bond donors (Lipinski definition) is 1. The van der Waals surface area contributed by atoms with E-state index in [1.807, 2.05) is 6.92 Å². The fourth-order valence-corrected chi connectivity index (χ4v) is 2.78. The molecule has 0 atom stereocenters. The second-order valence-corrected chi connectivity index (χ2v) is 5.79. The van der Waals surface area contributed by atoms with Gasteiger partial charge in [-0.2, -0.15) is 0 Å². The summed E-state index contributed by atoms with van der Waals surface area (Å²) >= 11 is 0. The lowest BCUT2D eigenvalue weighted by Crippen LogP contribution is -2.44. The largest absolute Gasteiger partial charge is 0.396 e. The third-order valence-corrected chi connectivity index (χ3v) is 4.55. The summed E-state index contributed by atoms with van der Waals surface area (Å²) in [4.78, 5) is 14.1. The van der Waals surface area contributed by atoms with Crippen LogP contribution >= 0.6 is 0 Å². The van der Waals surface area contributed by atoms with Gasteiger partial charge in [0.1, 0.15) is 5.82 Å². The van der Waals surface area contributed by atoms with Gasteiger partial charge in [0.25, 0.3) is 5.91 Å². The first-order valence-electron chi connectivity index (χ1n) is 7.17. The average Bonchev–Trinajstić information content (AvgIpc) is 2.49. The number of aliphatic hydroxyl groups is 1. The molecule has 1 aromatic carbocycles. The molecule has 0 aromatic heterocycles. The van der Waals surface area contributed by atoms with Crippen molar-refractivity contribution in [1.82, 2.24) is 4.90 Å². The first-order valence-corrected chi connectivity index (χ1v) is 7.17. The number of rotatable bonds is 3. The monoisotopic (exact) mass is 279 g/mol. The van der Waals surface area contributed by atoms with E-state index < -0.39 is 5.82 Å². The van der Waals surface area contributed by atoms with Crippen LogP contribution in [0.4, 0.5) is 4.39 Å². The molecule has 0 radical (unpaired) electrons. The summed E-state index contributed by atoms with van der Waals surface area (Å²) in [5.41, 5.74) is 0.963. The van der Waals surface area contributed by atoms with E-state index in [0.29, 0.717) is 13.1 Å². The van der Waals surface area contributed by atoms with Crippen LogP contribution in [0.2, 0.25) is 0 Å². The van der Waals surface area contributed by atoms with Crippen LogP contribution in [0.25, 0.3) is 0 Å².